The van der Waals surface area contributed by atoms with E-state index in [1.54, 1.807) is 11.7 Å². The highest BCUT2D eigenvalue weighted by Crippen LogP contribution is 2.20. The van der Waals surface area contributed by atoms with Gasteiger partial charge in [0.05, 0.1) is 6.04 Å². The molecule has 0 spiro atoms. The summed E-state index contributed by atoms with van der Waals surface area (Å²) in [6.45, 7) is 0.905. The number of aryl methyl sites for hydroxylation is 1. The molecule has 0 radical (unpaired) electrons. The first-order valence-electron chi connectivity index (χ1n) is 7.11. The van der Waals surface area contributed by atoms with Crippen LogP contribution in [0.5, 0.6) is 0 Å². The highest BCUT2D eigenvalue weighted by Gasteiger charge is 2.20. The number of rotatable bonds is 3. The van der Waals surface area contributed by atoms with Crippen molar-refractivity contribution in [1.82, 2.24) is 25.5 Å². The van der Waals surface area contributed by atoms with Gasteiger partial charge in [-0.1, -0.05) is 18.6 Å². The van der Waals surface area contributed by atoms with Crippen molar-refractivity contribution in [3.05, 3.63) is 24.3 Å². The molecule has 22 heavy (non-hydrogen) atoms. The van der Waals surface area contributed by atoms with E-state index >= 15 is 0 Å². The van der Waals surface area contributed by atoms with Gasteiger partial charge in [-0.25, -0.2) is 4.68 Å². The van der Waals surface area contributed by atoms with E-state index in [2.05, 4.69) is 26.2 Å². The fourth-order valence-electron chi connectivity index (χ4n) is 2.52. The van der Waals surface area contributed by atoms with E-state index in [9.17, 15) is 4.79 Å². The zero-order chi connectivity index (χ0) is 14.7. The SMILES string of the molecule is Cl.Cn1nnnc1-c1cccc(NC(=O)[C@H]2CCCCN2)c1. The average molecular weight is 323 g/mol. The van der Waals surface area contributed by atoms with Crippen LogP contribution in [0.4, 0.5) is 5.69 Å². The molecular weight excluding hydrogens is 304 g/mol. The van der Waals surface area contributed by atoms with Crippen molar-refractivity contribution in [3.8, 4) is 11.4 Å². The standard InChI is InChI=1S/C14H18N6O.ClH/c1-20-13(17-18-19-20)10-5-4-6-11(9-10)16-14(21)12-7-2-3-8-15-12;/h4-6,9,12,15H,2-3,7-8H2,1H3,(H,16,21);1H/t12-;/m1./s1. The molecule has 118 valence electrons. The van der Waals surface area contributed by atoms with Gasteiger partial charge in [0, 0.05) is 18.3 Å². The molecule has 1 saturated heterocycles. The van der Waals surface area contributed by atoms with Crippen LogP contribution in [0.2, 0.25) is 0 Å². The van der Waals surface area contributed by atoms with Crippen molar-refractivity contribution in [3.63, 3.8) is 0 Å². The first-order valence-corrected chi connectivity index (χ1v) is 7.11. The number of anilines is 1. The predicted molar refractivity (Wildman–Crippen MR) is 85.8 cm³/mol. The molecule has 0 aliphatic carbocycles. The molecule has 0 bridgehead atoms. The predicted octanol–water partition coefficient (Wildman–Crippen LogP) is 1.38. The Hall–Kier alpha value is -1.99. The highest BCUT2D eigenvalue weighted by molar-refractivity contribution is 5.95. The van der Waals surface area contributed by atoms with Crippen LogP contribution in [-0.4, -0.2) is 38.7 Å². The molecule has 1 aliphatic rings. The second kappa shape index (κ2) is 7.33. The number of nitrogens with zero attached hydrogens (tertiary/aromatic N) is 4. The number of halogens is 1. The third-order valence-electron chi connectivity index (χ3n) is 3.64. The molecule has 8 heteroatoms. The monoisotopic (exact) mass is 322 g/mol. The molecule has 1 aromatic carbocycles. The molecule has 2 aromatic rings. The third kappa shape index (κ3) is 3.61. The fraction of sp³-hybridized carbons (Fsp3) is 0.429. The van der Waals surface area contributed by atoms with Crippen molar-refractivity contribution in [2.24, 2.45) is 7.05 Å². The molecule has 1 amide bonds. The molecule has 2 N–H and O–H groups in total. The number of hydrogen-bond donors (Lipinski definition) is 2. The number of carbonyl (C=O) groups is 1. The number of piperidine rings is 1. The smallest absolute Gasteiger partial charge is 0.241 e. The van der Waals surface area contributed by atoms with Gasteiger partial charge in [0.15, 0.2) is 5.82 Å². The first-order chi connectivity index (χ1) is 10.2. The van der Waals surface area contributed by atoms with Crippen LogP contribution in [0.15, 0.2) is 24.3 Å². The minimum atomic E-state index is -0.0982. The summed E-state index contributed by atoms with van der Waals surface area (Å²) in [6, 6.07) is 7.45. The lowest BCUT2D eigenvalue weighted by Crippen LogP contribution is -2.43. The van der Waals surface area contributed by atoms with Crippen LogP contribution in [0.25, 0.3) is 11.4 Å². The van der Waals surface area contributed by atoms with Gasteiger partial charge in [0.1, 0.15) is 0 Å². The number of benzene rings is 1. The normalized spacial score (nSPS) is 17.6. The van der Waals surface area contributed by atoms with Crippen molar-refractivity contribution in [1.29, 1.82) is 0 Å². The van der Waals surface area contributed by atoms with Crippen LogP contribution in [0, 0.1) is 0 Å². The molecule has 0 saturated carbocycles. The van der Waals surface area contributed by atoms with Crippen LogP contribution >= 0.6 is 12.4 Å². The van der Waals surface area contributed by atoms with Crippen molar-refractivity contribution in [2.45, 2.75) is 25.3 Å². The van der Waals surface area contributed by atoms with Crippen molar-refractivity contribution < 1.29 is 4.79 Å². The largest absolute Gasteiger partial charge is 0.325 e. The number of amides is 1. The number of hydrogen-bond acceptors (Lipinski definition) is 5. The molecule has 1 atom stereocenters. The van der Waals surface area contributed by atoms with Crippen LogP contribution in [0.3, 0.4) is 0 Å². The molecule has 7 nitrogen and oxygen atoms in total. The maximum atomic E-state index is 12.2. The molecular formula is C14H19ClN6O. The van der Waals surface area contributed by atoms with E-state index in [-0.39, 0.29) is 24.4 Å². The molecule has 2 heterocycles. The van der Waals surface area contributed by atoms with Gasteiger partial charge in [-0.2, -0.15) is 0 Å². The summed E-state index contributed by atoms with van der Waals surface area (Å²) >= 11 is 0. The summed E-state index contributed by atoms with van der Waals surface area (Å²) in [5, 5.41) is 17.6. The maximum Gasteiger partial charge on any atom is 0.241 e. The maximum absolute atomic E-state index is 12.2. The Labute approximate surface area is 134 Å². The van der Waals surface area contributed by atoms with Gasteiger partial charge in [0.2, 0.25) is 5.91 Å². The molecule has 0 unspecified atom stereocenters. The lowest BCUT2D eigenvalue weighted by molar-refractivity contribution is -0.118. The topological polar surface area (TPSA) is 84.7 Å². The zero-order valence-corrected chi connectivity index (χ0v) is 13.1. The highest BCUT2D eigenvalue weighted by atomic mass is 35.5. The quantitative estimate of drug-likeness (QED) is 0.891. The Kier molecular flexibility index (Phi) is 5.46. The second-order valence-electron chi connectivity index (χ2n) is 5.20. The van der Waals surface area contributed by atoms with Gasteiger partial charge in [-0.15, -0.1) is 17.5 Å². The summed E-state index contributed by atoms with van der Waals surface area (Å²) in [5.74, 6) is 0.685. The first kappa shape index (κ1) is 16.4. The van der Waals surface area contributed by atoms with Gasteiger partial charge in [-0.3, -0.25) is 4.79 Å². The Balaban J connectivity index is 0.00000176. The summed E-state index contributed by atoms with van der Waals surface area (Å²) in [5.41, 5.74) is 1.63. The molecule has 1 aliphatic heterocycles. The zero-order valence-electron chi connectivity index (χ0n) is 12.3. The van der Waals surface area contributed by atoms with E-state index in [4.69, 9.17) is 0 Å². The van der Waals surface area contributed by atoms with Gasteiger partial charge >= 0.3 is 0 Å². The van der Waals surface area contributed by atoms with E-state index in [1.165, 1.54) is 0 Å². The lowest BCUT2D eigenvalue weighted by Gasteiger charge is -2.22. The molecule has 1 fully saturated rings. The number of tetrazole rings is 1. The van der Waals surface area contributed by atoms with E-state index in [0.717, 1.165) is 37.1 Å². The number of aromatic nitrogens is 4. The summed E-state index contributed by atoms with van der Waals surface area (Å²) in [4.78, 5) is 12.2. The van der Waals surface area contributed by atoms with Crippen molar-refractivity contribution in [2.75, 3.05) is 11.9 Å². The Bertz CT molecular complexity index is 638. The summed E-state index contributed by atoms with van der Waals surface area (Å²) in [6.07, 6.45) is 3.12. The summed E-state index contributed by atoms with van der Waals surface area (Å²) in [7, 11) is 1.78. The average Bonchev–Trinajstić information content (AvgIpc) is 2.94. The molecule has 3 rings (SSSR count). The van der Waals surface area contributed by atoms with Gasteiger partial charge in [-0.05, 0) is 41.9 Å². The van der Waals surface area contributed by atoms with Gasteiger partial charge < -0.3 is 10.6 Å². The Morgan fingerprint density at radius 1 is 1.41 bits per heavy atom. The van der Waals surface area contributed by atoms with Crippen molar-refractivity contribution >= 4 is 24.0 Å². The van der Waals surface area contributed by atoms with Gasteiger partial charge in [0.25, 0.3) is 0 Å². The minimum absolute atomic E-state index is 0. The Morgan fingerprint density at radius 3 is 2.95 bits per heavy atom. The Morgan fingerprint density at radius 2 is 2.27 bits per heavy atom. The number of carbonyl (C=O) groups excluding carboxylic acids is 1. The molecule has 1 aromatic heterocycles. The summed E-state index contributed by atoms with van der Waals surface area (Å²) < 4.78 is 1.60. The second-order valence-corrected chi connectivity index (χ2v) is 5.20. The lowest BCUT2D eigenvalue weighted by atomic mass is 10.0. The third-order valence-corrected chi connectivity index (χ3v) is 3.64. The van der Waals surface area contributed by atoms with Crippen LogP contribution in [0.1, 0.15) is 19.3 Å². The fourth-order valence-corrected chi connectivity index (χ4v) is 2.52. The van der Waals surface area contributed by atoms with E-state index in [1.807, 2.05) is 24.3 Å². The van der Waals surface area contributed by atoms with Crippen LogP contribution in [-0.2, 0) is 11.8 Å². The number of nitrogens with one attached hydrogen (secondary N) is 2. The van der Waals surface area contributed by atoms with E-state index in [0.29, 0.717) is 5.82 Å². The van der Waals surface area contributed by atoms with E-state index < -0.39 is 0 Å². The minimum Gasteiger partial charge on any atom is -0.325 e. The van der Waals surface area contributed by atoms with Crippen LogP contribution < -0.4 is 10.6 Å².